The van der Waals surface area contributed by atoms with E-state index in [4.69, 9.17) is 4.42 Å². The fourth-order valence-corrected chi connectivity index (χ4v) is 8.60. The van der Waals surface area contributed by atoms with Crippen LogP contribution in [0.4, 0.5) is 17.1 Å². The van der Waals surface area contributed by atoms with E-state index in [0.29, 0.717) is 0 Å². The van der Waals surface area contributed by atoms with Crippen molar-refractivity contribution in [1.29, 1.82) is 0 Å². The molecule has 2 nitrogen and oxygen atoms in total. The van der Waals surface area contributed by atoms with E-state index in [-0.39, 0.29) is 0 Å². The molecule has 0 bridgehead atoms. The highest BCUT2D eigenvalue weighted by molar-refractivity contribution is 6.20. The third kappa shape index (κ3) is 5.26. The predicted molar refractivity (Wildman–Crippen MR) is 237 cm³/mol. The van der Waals surface area contributed by atoms with Crippen molar-refractivity contribution in [3.63, 3.8) is 0 Å². The Morgan fingerprint density at radius 1 is 0.304 bits per heavy atom. The van der Waals surface area contributed by atoms with Gasteiger partial charge in [0.15, 0.2) is 0 Å². The van der Waals surface area contributed by atoms with Gasteiger partial charge >= 0.3 is 0 Å². The highest BCUT2D eigenvalue weighted by Crippen LogP contribution is 2.48. The van der Waals surface area contributed by atoms with Crippen molar-refractivity contribution >= 4 is 71.3 Å². The first kappa shape index (κ1) is 32.0. The lowest BCUT2D eigenvalue weighted by Crippen LogP contribution is -2.11. The van der Waals surface area contributed by atoms with Gasteiger partial charge in [-0.25, -0.2) is 0 Å². The van der Waals surface area contributed by atoms with Gasteiger partial charge in [0, 0.05) is 22.0 Å². The second kappa shape index (κ2) is 13.2. The van der Waals surface area contributed by atoms with E-state index in [9.17, 15) is 0 Å². The van der Waals surface area contributed by atoms with Crippen LogP contribution < -0.4 is 4.90 Å². The first-order chi connectivity index (χ1) is 27.8. The minimum atomic E-state index is 0.867. The highest BCUT2D eigenvalue weighted by atomic mass is 16.3. The molecule has 0 atom stereocenters. The molecule has 0 aliphatic rings. The molecule has 11 aromatic rings. The maximum atomic E-state index is 6.86. The van der Waals surface area contributed by atoms with Gasteiger partial charge in [-0.3, -0.25) is 0 Å². The number of fused-ring (bicyclic) bond motifs is 7. The zero-order chi connectivity index (χ0) is 37.0. The van der Waals surface area contributed by atoms with Gasteiger partial charge in [0.05, 0.1) is 16.8 Å². The Balaban J connectivity index is 1.16. The molecule has 11 rings (SSSR count). The number of hydrogen-bond donors (Lipinski definition) is 0. The van der Waals surface area contributed by atoms with Crippen LogP contribution >= 0.6 is 0 Å². The second-order valence-electron chi connectivity index (χ2n) is 14.4. The normalized spacial score (nSPS) is 11.6. The third-order valence-electron chi connectivity index (χ3n) is 11.3. The maximum Gasteiger partial charge on any atom is 0.145 e. The molecule has 262 valence electrons. The molecule has 0 N–H and O–H groups in total. The molecular weight excluding hydrogens is 679 g/mol. The molecule has 0 radical (unpaired) electrons. The topological polar surface area (TPSA) is 16.4 Å². The van der Waals surface area contributed by atoms with Crippen LogP contribution in [0.5, 0.6) is 0 Å². The summed E-state index contributed by atoms with van der Waals surface area (Å²) in [5.74, 6) is 0. The van der Waals surface area contributed by atoms with E-state index >= 15 is 0 Å². The molecule has 10 aromatic carbocycles. The van der Waals surface area contributed by atoms with Crippen LogP contribution in [-0.4, -0.2) is 0 Å². The van der Waals surface area contributed by atoms with E-state index in [0.717, 1.165) is 50.1 Å². The minimum absolute atomic E-state index is 0.867. The monoisotopic (exact) mass is 713 g/mol. The summed E-state index contributed by atoms with van der Waals surface area (Å²) in [4.78, 5) is 2.44. The molecule has 2 heteroatoms. The van der Waals surface area contributed by atoms with Crippen molar-refractivity contribution in [2.24, 2.45) is 0 Å². The van der Waals surface area contributed by atoms with Gasteiger partial charge in [-0.2, -0.15) is 0 Å². The summed E-state index contributed by atoms with van der Waals surface area (Å²) in [5.41, 5.74) is 12.0. The van der Waals surface area contributed by atoms with Crippen molar-refractivity contribution in [2.45, 2.75) is 0 Å². The van der Waals surface area contributed by atoms with Gasteiger partial charge in [0.2, 0.25) is 0 Å². The first-order valence-corrected chi connectivity index (χ1v) is 19.2. The molecule has 0 saturated heterocycles. The summed E-state index contributed by atoms with van der Waals surface area (Å²) in [6, 6.07) is 76.4. The van der Waals surface area contributed by atoms with Crippen LogP contribution in [0.1, 0.15) is 0 Å². The molecule has 0 saturated carbocycles. The number of rotatable bonds is 6. The molecule has 0 fully saturated rings. The fraction of sp³-hybridized carbons (Fsp3) is 0. The van der Waals surface area contributed by atoms with Gasteiger partial charge < -0.3 is 9.32 Å². The summed E-state index contributed by atoms with van der Waals surface area (Å²) in [6.07, 6.45) is 0. The summed E-state index contributed by atoms with van der Waals surface area (Å²) >= 11 is 0. The quantitative estimate of drug-likeness (QED) is 0.160. The predicted octanol–water partition coefficient (Wildman–Crippen LogP) is 15.5. The Hall–Kier alpha value is -7.42. The number of furan rings is 1. The van der Waals surface area contributed by atoms with Crippen LogP contribution in [0.2, 0.25) is 0 Å². The zero-order valence-electron chi connectivity index (χ0n) is 30.6. The average Bonchev–Trinajstić information content (AvgIpc) is 3.67. The summed E-state index contributed by atoms with van der Waals surface area (Å²) in [5, 5.41) is 9.50. The molecular formula is C54H35NO. The molecule has 1 aromatic heterocycles. The Morgan fingerprint density at radius 3 is 1.68 bits per heavy atom. The van der Waals surface area contributed by atoms with Crippen molar-refractivity contribution in [2.75, 3.05) is 4.90 Å². The van der Waals surface area contributed by atoms with Crippen LogP contribution in [-0.2, 0) is 0 Å². The van der Waals surface area contributed by atoms with Crippen molar-refractivity contribution in [3.05, 3.63) is 212 Å². The second-order valence-corrected chi connectivity index (χ2v) is 14.4. The van der Waals surface area contributed by atoms with E-state index in [1.807, 2.05) is 0 Å². The largest absolute Gasteiger partial charge is 0.455 e. The third-order valence-corrected chi connectivity index (χ3v) is 11.3. The lowest BCUT2D eigenvalue weighted by Gasteiger charge is -2.28. The lowest BCUT2D eigenvalue weighted by molar-refractivity contribution is 0.670. The van der Waals surface area contributed by atoms with Gasteiger partial charge in [-0.1, -0.05) is 176 Å². The van der Waals surface area contributed by atoms with Crippen LogP contribution in [0, 0.1) is 0 Å². The number of hydrogen-bond acceptors (Lipinski definition) is 2. The van der Waals surface area contributed by atoms with Crippen molar-refractivity contribution in [3.8, 4) is 33.4 Å². The van der Waals surface area contributed by atoms with Gasteiger partial charge in [-0.15, -0.1) is 0 Å². The fourth-order valence-electron chi connectivity index (χ4n) is 8.60. The maximum absolute atomic E-state index is 6.86. The average molecular weight is 714 g/mol. The Morgan fingerprint density at radius 2 is 0.857 bits per heavy atom. The minimum Gasteiger partial charge on any atom is -0.455 e. The van der Waals surface area contributed by atoms with Crippen LogP contribution in [0.15, 0.2) is 217 Å². The number of benzene rings is 10. The smallest absolute Gasteiger partial charge is 0.145 e. The first-order valence-electron chi connectivity index (χ1n) is 19.2. The Kier molecular flexibility index (Phi) is 7.53. The van der Waals surface area contributed by atoms with Crippen molar-refractivity contribution < 1.29 is 4.42 Å². The van der Waals surface area contributed by atoms with Crippen molar-refractivity contribution in [1.82, 2.24) is 0 Å². The van der Waals surface area contributed by atoms with E-state index < -0.39 is 0 Å². The summed E-state index contributed by atoms with van der Waals surface area (Å²) < 4.78 is 6.86. The standard InChI is InChI=1S/C54H35NO/c1-2-12-36(13-3-1)37-24-26-41(27-25-37)47-34-35-50(53-48-20-8-9-23-51(48)56-54(47)53)55(49-22-11-17-42-29-28-39-15-5-7-19-46(39)52(42)49)43-32-30-40(31-33-43)45-21-10-16-38-14-4-6-18-44(38)45/h1-35H. The van der Waals surface area contributed by atoms with Gasteiger partial charge in [-0.05, 0) is 91.1 Å². The molecule has 0 spiro atoms. The molecule has 0 aliphatic carbocycles. The van der Waals surface area contributed by atoms with Crippen LogP contribution in [0.3, 0.4) is 0 Å². The number of para-hydroxylation sites is 1. The molecule has 1 heterocycles. The van der Waals surface area contributed by atoms with Gasteiger partial charge in [0.1, 0.15) is 11.2 Å². The van der Waals surface area contributed by atoms with Crippen LogP contribution in [0.25, 0.3) is 87.6 Å². The summed E-state index contributed by atoms with van der Waals surface area (Å²) in [7, 11) is 0. The van der Waals surface area contributed by atoms with E-state index in [2.05, 4.69) is 217 Å². The number of anilines is 3. The Bertz CT molecular complexity index is 3230. The Labute approximate surface area is 325 Å². The molecule has 0 amide bonds. The van der Waals surface area contributed by atoms with E-state index in [1.54, 1.807) is 0 Å². The lowest BCUT2D eigenvalue weighted by atomic mass is 9.96. The van der Waals surface area contributed by atoms with E-state index in [1.165, 1.54) is 54.6 Å². The molecule has 56 heavy (non-hydrogen) atoms. The highest BCUT2D eigenvalue weighted by Gasteiger charge is 2.24. The SMILES string of the molecule is c1ccc(-c2ccc(-c3ccc(N(c4ccc(-c5cccc6ccccc56)cc4)c4cccc5ccc6ccccc6c45)c4c3oc3ccccc34)cc2)cc1. The van der Waals surface area contributed by atoms with Gasteiger partial charge in [0.25, 0.3) is 0 Å². The zero-order valence-corrected chi connectivity index (χ0v) is 30.6. The molecule has 0 unspecified atom stereocenters. The summed E-state index contributed by atoms with van der Waals surface area (Å²) in [6.45, 7) is 0. The molecule has 0 aliphatic heterocycles. The number of nitrogens with zero attached hydrogens (tertiary/aromatic N) is 1.